The second-order valence-electron chi connectivity index (χ2n) is 23.1. The Balaban J connectivity index is 1.34. The lowest BCUT2D eigenvalue weighted by atomic mass is 9.96. The van der Waals surface area contributed by atoms with Crippen LogP contribution in [0.5, 0.6) is 0 Å². The predicted octanol–water partition coefficient (Wildman–Crippen LogP) is -5.15. The van der Waals surface area contributed by atoms with E-state index >= 15 is 0 Å². The second-order valence-corrected chi connectivity index (χ2v) is 23.1. The molecule has 2 aromatic heterocycles. The lowest BCUT2D eigenvalue weighted by molar-refractivity contribution is -0.146. The number of benzene rings is 1. The summed E-state index contributed by atoms with van der Waals surface area (Å²) in [7, 11) is 0. The third kappa shape index (κ3) is 22.4. The van der Waals surface area contributed by atoms with E-state index in [1.54, 1.807) is 44.2 Å². The van der Waals surface area contributed by atoms with E-state index in [1.165, 1.54) is 36.9 Å². The van der Waals surface area contributed by atoms with E-state index in [2.05, 4.69) is 62.5 Å². The van der Waals surface area contributed by atoms with Crippen LogP contribution in [-0.2, 0) is 86.4 Å². The van der Waals surface area contributed by atoms with Crippen molar-refractivity contribution in [3.63, 3.8) is 0 Å². The van der Waals surface area contributed by atoms with Gasteiger partial charge in [0.15, 0.2) is 0 Å². The molecule has 0 spiro atoms. The van der Waals surface area contributed by atoms with Gasteiger partial charge in [0.1, 0.15) is 60.4 Å². The average molecular weight is 1320 g/mol. The van der Waals surface area contributed by atoms with Crippen molar-refractivity contribution in [3.05, 3.63) is 72.3 Å². The minimum Gasteiger partial charge on any atom is -0.481 e. The number of nitrogens with zero attached hydrogens (tertiary/aromatic N) is 4. The number of amides is 11. The van der Waals surface area contributed by atoms with Crippen molar-refractivity contribution < 1.29 is 92.7 Å². The van der Waals surface area contributed by atoms with Crippen molar-refractivity contribution in [2.45, 2.75) is 183 Å². The fourth-order valence-electron chi connectivity index (χ4n) is 10.6. The number of primary amides is 1. The summed E-state index contributed by atoms with van der Waals surface area (Å²) in [5.74, 6) is -15.2. The largest absolute Gasteiger partial charge is 0.481 e. The maximum Gasteiger partial charge on any atom is 0.326 e. The van der Waals surface area contributed by atoms with Gasteiger partial charge in [0.05, 0.1) is 31.4 Å². The zero-order valence-electron chi connectivity index (χ0n) is 52.1. The molecule has 11 amide bonds. The van der Waals surface area contributed by atoms with Crippen molar-refractivity contribution >= 4 is 82.9 Å². The van der Waals surface area contributed by atoms with Crippen molar-refractivity contribution in [2.24, 2.45) is 17.4 Å². The Morgan fingerprint density at radius 1 is 0.564 bits per heavy atom. The number of aromatic amines is 2. The van der Waals surface area contributed by atoms with E-state index in [-0.39, 0.29) is 70.2 Å². The monoisotopic (exact) mass is 1320 g/mol. The summed E-state index contributed by atoms with van der Waals surface area (Å²) in [6.07, 6.45) is 1.20. The van der Waals surface area contributed by atoms with E-state index in [1.807, 2.05) is 0 Å². The summed E-state index contributed by atoms with van der Waals surface area (Å²) in [6.45, 7) is 3.39. The number of carbonyl (C=O) groups is 14. The lowest BCUT2D eigenvalue weighted by Crippen LogP contribution is -2.63. The van der Waals surface area contributed by atoms with E-state index in [0.717, 1.165) is 4.90 Å². The molecule has 2 aliphatic rings. The topological polar surface area (TPSA) is 552 Å². The van der Waals surface area contributed by atoms with E-state index < -0.39 is 200 Å². The molecule has 0 unspecified atom stereocenters. The van der Waals surface area contributed by atoms with Crippen LogP contribution in [0.3, 0.4) is 0 Å². The van der Waals surface area contributed by atoms with Crippen LogP contribution in [0.25, 0.3) is 0 Å². The molecule has 1 aromatic carbocycles. The highest BCUT2D eigenvalue weighted by molar-refractivity contribution is 5.99. The smallest absolute Gasteiger partial charge is 0.326 e. The van der Waals surface area contributed by atoms with Crippen LogP contribution in [0.2, 0.25) is 0 Å². The SMILES string of the molecule is CC[C@H](C)[C@H](NC(=O)[C@H](CO)NC(=O)[C@H](Cc1cnc[nH]1)NC(=O)[C@H](CCC(N)=O)NC(=O)[C@H](Cc1cnc[nH]1)NC(=O)[C@@H]1CCCN1C(=O)[C@@H](N)CCC(=O)O)C(=O)N[C@@H](Cc1ccccc1)C(=O)N[C@H](C(=O)N1CCC[C@H]1C(=O)N[C@@H](CCC(=O)O)C(=O)O)[C@@H](C)O. The molecule has 2 fully saturated rings. The number of aromatic nitrogens is 4. The molecular formula is C59H84N16O19. The number of aliphatic carboxylic acids is 3. The molecule has 0 aliphatic carbocycles. The van der Waals surface area contributed by atoms with Gasteiger partial charge in [-0.15, -0.1) is 0 Å². The molecule has 4 heterocycles. The highest BCUT2D eigenvalue weighted by atomic mass is 16.4. The summed E-state index contributed by atoms with van der Waals surface area (Å²) in [4.78, 5) is 203. The summed E-state index contributed by atoms with van der Waals surface area (Å²) < 4.78 is 0. The van der Waals surface area contributed by atoms with E-state index in [9.17, 15) is 82.4 Å². The van der Waals surface area contributed by atoms with Gasteiger partial charge < -0.3 is 99.3 Å². The van der Waals surface area contributed by atoms with Crippen molar-refractivity contribution in [1.29, 1.82) is 0 Å². The number of hydrogen-bond acceptors (Lipinski definition) is 19. The quantitative estimate of drug-likeness (QED) is 0.0255. The normalized spacial score (nSPS) is 17.9. The number of imidazole rings is 2. The maximum absolute atomic E-state index is 14.5. The zero-order chi connectivity index (χ0) is 69.3. The Bertz CT molecular complexity index is 3130. The van der Waals surface area contributed by atoms with Gasteiger partial charge in [0.2, 0.25) is 65.0 Å². The number of H-pyrrole nitrogens is 2. The number of carboxylic acids is 3. The molecule has 0 bridgehead atoms. The summed E-state index contributed by atoms with van der Waals surface area (Å²) in [5.41, 5.74) is 12.6. The van der Waals surface area contributed by atoms with Crippen LogP contribution in [0, 0.1) is 5.92 Å². The molecule has 19 N–H and O–H groups in total. The Morgan fingerprint density at radius 3 is 1.51 bits per heavy atom. The van der Waals surface area contributed by atoms with Gasteiger partial charge in [-0.05, 0) is 63.4 Å². The Labute approximate surface area is 538 Å². The third-order valence-corrected chi connectivity index (χ3v) is 16.0. The fourth-order valence-corrected chi connectivity index (χ4v) is 10.6. The van der Waals surface area contributed by atoms with E-state index in [4.69, 9.17) is 21.7 Å². The van der Waals surface area contributed by atoms with Crippen LogP contribution < -0.4 is 54.0 Å². The van der Waals surface area contributed by atoms with Gasteiger partial charge in [-0.1, -0.05) is 50.6 Å². The maximum atomic E-state index is 14.5. The number of carbonyl (C=O) groups excluding carboxylic acids is 11. The van der Waals surface area contributed by atoms with Gasteiger partial charge in [-0.3, -0.25) is 62.3 Å². The molecule has 0 radical (unpaired) electrons. The number of rotatable bonds is 38. The Kier molecular flexibility index (Phi) is 29.0. The standard InChI is InChI=1S/C59H84N16O19/c1-4-30(2)47(56(90)70-38(22-32-10-6-5-7-11-32)52(86)73-48(31(3)77)58(92)75-21-9-13-43(75)54(88)67-37(59(93)94)16-19-46(81)82)72-53(87)41(27-76)71-51(85)39(23-33-25-62-28-64-33)68-49(83)36(15-17-44(61)78)66-50(84)40(24-34-26-63-29-65-34)69-55(89)42-12-8-20-74(42)57(91)35(60)14-18-45(79)80/h5-7,10-11,25-26,28-31,35-43,47-48,76-77H,4,8-9,12-24,27,60H2,1-3H3,(H2,61,78)(H,62,64)(H,63,65)(H,66,84)(H,67,88)(H,68,83)(H,69,89)(H,70,90)(H,71,85)(H,72,87)(H,73,86)(H,79,80)(H,81,82)(H,93,94)/t30-,31+,35-,36-,37-,38-,39-,40-,41-,42-,43-,47-,48-/m0/s1. The Hall–Kier alpha value is -9.90. The molecule has 2 aliphatic heterocycles. The zero-order valence-corrected chi connectivity index (χ0v) is 52.1. The molecular weight excluding hydrogens is 1240 g/mol. The molecule has 13 atom stereocenters. The second kappa shape index (κ2) is 36.4. The molecule has 0 saturated carbocycles. The van der Waals surface area contributed by atoms with Crippen LogP contribution in [0.1, 0.15) is 108 Å². The number of nitrogens with one attached hydrogen (secondary N) is 10. The van der Waals surface area contributed by atoms with E-state index in [0.29, 0.717) is 17.7 Å². The van der Waals surface area contributed by atoms with Crippen molar-refractivity contribution in [2.75, 3.05) is 19.7 Å². The van der Waals surface area contributed by atoms with Crippen molar-refractivity contribution in [3.8, 4) is 0 Å². The molecule has 2 saturated heterocycles. The molecule has 35 nitrogen and oxygen atoms in total. The number of likely N-dealkylation sites (tertiary alicyclic amines) is 2. The van der Waals surface area contributed by atoms with Gasteiger partial charge in [0, 0.05) is 75.4 Å². The third-order valence-electron chi connectivity index (χ3n) is 16.0. The highest BCUT2D eigenvalue weighted by Crippen LogP contribution is 2.22. The molecule has 514 valence electrons. The number of carboxylic acid groups (broad SMARTS) is 3. The molecule has 3 aromatic rings. The van der Waals surface area contributed by atoms with Gasteiger partial charge in [-0.2, -0.15) is 0 Å². The van der Waals surface area contributed by atoms with Gasteiger partial charge in [-0.25, -0.2) is 14.8 Å². The number of aliphatic hydroxyl groups is 2. The fraction of sp³-hybridized carbons (Fsp3) is 0.559. The minimum atomic E-state index is -1.85. The lowest BCUT2D eigenvalue weighted by Gasteiger charge is -2.32. The molecule has 94 heavy (non-hydrogen) atoms. The van der Waals surface area contributed by atoms with Gasteiger partial charge >= 0.3 is 17.9 Å². The first-order chi connectivity index (χ1) is 44.6. The summed E-state index contributed by atoms with van der Waals surface area (Å²) in [5, 5.41) is 69.4. The Morgan fingerprint density at radius 2 is 1.01 bits per heavy atom. The summed E-state index contributed by atoms with van der Waals surface area (Å²) in [6, 6.07) is -8.47. The first-order valence-corrected chi connectivity index (χ1v) is 30.6. The number of aliphatic hydroxyl groups excluding tert-OH is 2. The van der Waals surface area contributed by atoms with Crippen molar-refractivity contribution in [1.82, 2.24) is 72.3 Å². The van der Waals surface area contributed by atoms with Crippen LogP contribution >= 0.6 is 0 Å². The van der Waals surface area contributed by atoms with Crippen LogP contribution in [0.15, 0.2) is 55.4 Å². The predicted molar refractivity (Wildman–Crippen MR) is 326 cm³/mol. The van der Waals surface area contributed by atoms with Crippen LogP contribution in [0.4, 0.5) is 0 Å². The van der Waals surface area contributed by atoms with Gasteiger partial charge in [0.25, 0.3) is 0 Å². The average Bonchev–Trinajstić information content (AvgIpc) is 1.59. The first-order valence-electron chi connectivity index (χ1n) is 30.6. The van der Waals surface area contributed by atoms with Crippen LogP contribution in [-0.4, -0.2) is 230 Å². The number of nitrogens with two attached hydrogens (primary N) is 2. The first kappa shape index (κ1) is 74.8. The molecule has 35 heteroatoms. The minimum absolute atomic E-state index is 0.0520. The number of hydrogen-bond donors (Lipinski definition) is 17. The highest BCUT2D eigenvalue weighted by Gasteiger charge is 2.43. The summed E-state index contributed by atoms with van der Waals surface area (Å²) >= 11 is 0. The molecule has 5 rings (SSSR count).